The molecule has 1 aromatic heterocycles. The van der Waals surface area contributed by atoms with Gasteiger partial charge in [-0.2, -0.15) is 0 Å². The number of halogens is 1. The van der Waals surface area contributed by atoms with Gasteiger partial charge in [0, 0.05) is 35.3 Å². The summed E-state index contributed by atoms with van der Waals surface area (Å²) in [5, 5.41) is 1.01. The summed E-state index contributed by atoms with van der Waals surface area (Å²) in [7, 11) is 1.94. The molecule has 0 saturated heterocycles. The van der Waals surface area contributed by atoms with Crippen LogP contribution in [0.15, 0.2) is 72.6 Å². The fourth-order valence-electron chi connectivity index (χ4n) is 3.89. The molecule has 2 heterocycles. The van der Waals surface area contributed by atoms with Gasteiger partial charge in [-0.15, -0.1) is 0 Å². The fraction of sp³-hybridized carbons (Fsp3) is 0.0769. The Morgan fingerprint density at radius 3 is 2.62 bits per heavy atom. The lowest BCUT2D eigenvalue weighted by Crippen LogP contribution is -2.11. The number of allylic oxidation sites excluding steroid dienone is 1. The summed E-state index contributed by atoms with van der Waals surface area (Å²) in [6.45, 7) is 1.69. The van der Waals surface area contributed by atoms with Gasteiger partial charge in [-0.05, 0) is 43.3 Å². The van der Waals surface area contributed by atoms with E-state index in [4.69, 9.17) is 9.47 Å². The molecular weight excluding hydrogens is 409 g/mol. The number of rotatable bonds is 3. The number of ether oxygens (including phenoxy) is 2. The van der Waals surface area contributed by atoms with Gasteiger partial charge in [0.1, 0.15) is 17.3 Å². The Hall–Kier alpha value is -4.19. The first kappa shape index (κ1) is 19.8. The molecule has 0 aliphatic carbocycles. The van der Waals surface area contributed by atoms with E-state index in [2.05, 4.69) is 0 Å². The minimum absolute atomic E-state index is 0.166. The predicted molar refractivity (Wildman–Crippen MR) is 118 cm³/mol. The number of hydrogen-bond acceptors (Lipinski definition) is 4. The second kappa shape index (κ2) is 7.50. The maximum Gasteiger partial charge on any atom is 0.346 e. The number of carbonyl (C=O) groups is 2. The topological polar surface area (TPSA) is 57.5 Å². The maximum absolute atomic E-state index is 13.9. The quantitative estimate of drug-likeness (QED) is 0.247. The molecule has 0 N–H and O–H groups in total. The second-order valence-corrected chi connectivity index (χ2v) is 7.59. The minimum Gasteiger partial charge on any atom is -0.452 e. The Morgan fingerprint density at radius 1 is 1.06 bits per heavy atom. The van der Waals surface area contributed by atoms with E-state index in [-0.39, 0.29) is 22.9 Å². The first-order valence-corrected chi connectivity index (χ1v) is 10.0. The molecule has 6 heteroatoms. The van der Waals surface area contributed by atoms with Gasteiger partial charge in [0.05, 0.1) is 11.1 Å². The number of esters is 1. The van der Waals surface area contributed by atoms with E-state index in [1.807, 2.05) is 42.1 Å². The normalized spacial score (nSPS) is 14.0. The zero-order valence-corrected chi connectivity index (χ0v) is 17.4. The highest BCUT2D eigenvalue weighted by molar-refractivity contribution is 6.15. The van der Waals surface area contributed by atoms with Crippen molar-refractivity contribution in [1.29, 1.82) is 0 Å². The van der Waals surface area contributed by atoms with Gasteiger partial charge in [0.15, 0.2) is 5.76 Å². The van der Waals surface area contributed by atoms with Crippen LogP contribution in [0.2, 0.25) is 0 Å². The molecule has 1 aliphatic rings. The monoisotopic (exact) mass is 427 g/mol. The lowest BCUT2D eigenvalue weighted by molar-refractivity contribution is 0.0728. The number of Topliss-reactive ketones (excluding diaryl/α,β-unsaturated/α-hetero) is 1. The molecule has 5 rings (SSSR count). The lowest BCUT2D eigenvalue weighted by atomic mass is 10.1. The van der Waals surface area contributed by atoms with Gasteiger partial charge in [-0.1, -0.05) is 30.3 Å². The maximum atomic E-state index is 13.9. The Morgan fingerprint density at radius 2 is 1.81 bits per heavy atom. The zero-order chi connectivity index (χ0) is 22.4. The van der Waals surface area contributed by atoms with E-state index in [0.29, 0.717) is 16.9 Å². The summed E-state index contributed by atoms with van der Waals surface area (Å²) < 4.78 is 27.2. The molecule has 0 atom stereocenters. The third-order valence-electron chi connectivity index (χ3n) is 5.55. The number of aromatic nitrogens is 1. The number of nitrogens with zero attached hydrogens (tertiary/aromatic N) is 1. The SMILES string of the molecule is Cc1c(OC(=O)c2ccccc2F)ccc2c1O/C(=C/c1cn(C)c3ccccc13)C2=O. The van der Waals surface area contributed by atoms with Gasteiger partial charge in [0.2, 0.25) is 5.78 Å². The molecule has 1 aliphatic heterocycles. The number of fused-ring (bicyclic) bond motifs is 2. The van der Waals surface area contributed by atoms with Crippen molar-refractivity contribution in [2.75, 3.05) is 0 Å². The van der Waals surface area contributed by atoms with Crippen LogP contribution in [0.1, 0.15) is 31.8 Å². The van der Waals surface area contributed by atoms with Crippen LogP contribution in [0.5, 0.6) is 11.5 Å². The third-order valence-corrected chi connectivity index (χ3v) is 5.55. The number of aryl methyl sites for hydroxylation is 1. The Kier molecular flexibility index (Phi) is 4.63. The Balaban J connectivity index is 1.47. The van der Waals surface area contributed by atoms with E-state index in [9.17, 15) is 14.0 Å². The summed E-state index contributed by atoms with van der Waals surface area (Å²) in [6.07, 6.45) is 3.65. The van der Waals surface area contributed by atoms with Gasteiger partial charge >= 0.3 is 5.97 Å². The molecule has 0 bridgehead atoms. The number of hydrogen-bond donors (Lipinski definition) is 0. The van der Waals surface area contributed by atoms with Crippen molar-refractivity contribution >= 4 is 28.7 Å². The Labute approximate surface area is 183 Å². The summed E-state index contributed by atoms with van der Waals surface area (Å²) in [5.74, 6) is -0.998. The van der Waals surface area contributed by atoms with Crippen molar-refractivity contribution in [3.05, 3.63) is 101 Å². The van der Waals surface area contributed by atoms with Crippen LogP contribution in [-0.2, 0) is 7.05 Å². The van der Waals surface area contributed by atoms with Gasteiger partial charge in [-0.3, -0.25) is 4.79 Å². The highest BCUT2D eigenvalue weighted by atomic mass is 19.1. The lowest BCUT2D eigenvalue weighted by Gasteiger charge is -2.10. The molecule has 0 radical (unpaired) electrons. The average Bonchev–Trinajstić information content (AvgIpc) is 3.28. The van der Waals surface area contributed by atoms with Gasteiger partial charge in [-0.25, -0.2) is 9.18 Å². The van der Waals surface area contributed by atoms with Crippen LogP contribution in [0, 0.1) is 12.7 Å². The van der Waals surface area contributed by atoms with Gasteiger partial charge < -0.3 is 14.0 Å². The predicted octanol–water partition coefficient (Wildman–Crippen LogP) is 5.46. The van der Waals surface area contributed by atoms with Gasteiger partial charge in [0.25, 0.3) is 0 Å². The number of benzene rings is 3. The number of carbonyl (C=O) groups excluding carboxylic acids is 2. The van der Waals surface area contributed by atoms with Crippen molar-refractivity contribution in [3.63, 3.8) is 0 Å². The first-order chi connectivity index (χ1) is 15.4. The largest absolute Gasteiger partial charge is 0.452 e. The standard InChI is InChI=1S/C26H18FNO4/c1-15-22(32-26(30)18-8-3-5-9-20(18)27)12-11-19-24(29)23(31-25(15)19)13-16-14-28(2)21-10-6-4-7-17(16)21/h3-14H,1-2H3/b23-13+. The molecular formula is C26H18FNO4. The van der Waals surface area contributed by atoms with E-state index in [0.717, 1.165) is 16.5 Å². The van der Waals surface area contributed by atoms with Crippen molar-refractivity contribution in [1.82, 2.24) is 4.57 Å². The average molecular weight is 427 g/mol. The smallest absolute Gasteiger partial charge is 0.346 e. The molecule has 3 aromatic carbocycles. The molecule has 158 valence electrons. The fourth-order valence-corrected chi connectivity index (χ4v) is 3.89. The first-order valence-electron chi connectivity index (χ1n) is 10.0. The van der Waals surface area contributed by atoms with E-state index >= 15 is 0 Å². The Bertz CT molecular complexity index is 1450. The molecule has 0 saturated carbocycles. The molecule has 32 heavy (non-hydrogen) atoms. The van der Waals surface area contributed by atoms with E-state index in [1.54, 1.807) is 25.1 Å². The number of para-hydroxylation sites is 1. The van der Waals surface area contributed by atoms with Crippen LogP contribution in [0.3, 0.4) is 0 Å². The van der Waals surface area contributed by atoms with Crippen molar-refractivity contribution in [2.24, 2.45) is 7.05 Å². The summed E-state index contributed by atoms with van der Waals surface area (Å²) >= 11 is 0. The molecule has 5 nitrogen and oxygen atoms in total. The molecule has 0 spiro atoms. The second-order valence-electron chi connectivity index (χ2n) is 7.59. The molecule has 0 amide bonds. The van der Waals surface area contributed by atoms with Crippen molar-refractivity contribution in [3.8, 4) is 11.5 Å². The third kappa shape index (κ3) is 3.17. The van der Waals surface area contributed by atoms with Crippen molar-refractivity contribution < 1.29 is 23.5 Å². The summed E-state index contributed by atoms with van der Waals surface area (Å²) in [5.41, 5.74) is 2.62. The highest BCUT2D eigenvalue weighted by Crippen LogP contribution is 2.40. The molecule has 0 unspecified atom stereocenters. The van der Waals surface area contributed by atoms with Crippen LogP contribution >= 0.6 is 0 Å². The van der Waals surface area contributed by atoms with E-state index < -0.39 is 11.8 Å². The zero-order valence-electron chi connectivity index (χ0n) is 17.4. The molecule has 0 fully saturated rings. The van der Waals surface area contributed by atoms with E-state index in [1.165, 1.54) is 24.3 Å². The number of ketones is 1. The minimum atomic E-state index is -0.818. The van der Waals surface area contributed by atoms with Crippen LogP contribution in [0.4, 0.5) is 4.39 Å². The highest BCUT2D eigenvalue weighted by Gasteiger charge is 2.31. The van der Waals surface area contributed by atoms with Crippen LogP contribution in [-0.4, -0.2) is 16.3 Å². The van der Waals surface area contributed by atoms with Crippen molar-refractivity contribution in [2.45, 2.75) is 6.92 Å². The summed E-state index contributed by atoms with van der Waals surface area (Å²) in [4.78, 5) is 25.3. The van der Waals surface area contributed by atoms with Crippen LogP contribution < -0.4 is 9.47 Å². The summed E-state index contributed by atoms with van der Waals surface area (Å²) in [6, 6.07) is 16.6. The molecule has 4 aromatic rings. The van der Waals surface area contributed by atoms with Crippen LogP contribution in [0.25, 0.3) is 17.0 Å².